The maximum Gasteiger partial charge on any atom is 0.243 e. The van der Waals surface area contributed by atoms with E-state index < -0.39 is 5.54 Å². The molecular formula is C16H23Cl2N3O2. The highest BCUT2D eigenvalue weighted by atomic mass is 35.5. The molecule has 0 unspecified atom stereocenters. The maximum atomic E-state index is 12.1. The number of halogens is 2. The van der Waals surface area contributed by atoms with Crippen LogP contribution in [0.3, 0.4) is 0 Å². The second-order valence-electron chi connectivity index (χ2n) is 5.93. The molecule has 7 heteroatoms. The summed E-state index contributed by atoms with van der Waals surface area (Å²) in [5.74, 6) is -0.573. The number of rotatable bonds is 4. The standard InChI is InChI=1S/C16H22ClN3O2.ClH/c1-11-5-6-13(12(17)9-11)20-14(21)10-19-15(22)16(18)7-3-2-4-8-16;/h5-6,9H,2-4,7-8,10,18H2,1H3,(H,19,22)(H,20,21);1H. The van der Waals surface area contributed by atoms with E-state index in [1.807, 2.05) is 13.0 Å². The van der Waals surface area contributed by atoms with Crippen molar-refractivity contribution in [1.29, 1.82) is 0 Å². The van der Waals surface area contributed by atoms with E-state index in [9.17, 15) is 9.59 Å². The molecule has 0 heterocycles. The van der Waals surface area contributed by atoms with Gasteiger partial charge in [-0.15, -0.1) is 12.4 Å². The van der Waals surface area contributed by atoms with E-state index in [-0.39, 0.29) is 30.8 Å². The molecule has 0 saturated heterocycles. The molecule has 0 bridgehead atoms. The predicted molar refractivity (Wildman–Crippen MR) is 95.1 cm³/mol. The average Bonchev–Trinajstić information content (AvgIpc) is 2.48. The number of carbonyl (C=O) groups is 2. The molecule has 0 aromatic heterocycles. The molecule has 4 N–H and O–H groups in total. The lowest BCUT2D eigenvalue weighted by molar-refractivity contribution is -0.129. The van der Waals surface area contributed by atoms with E-state index in [1.54, 1.807) is 12.1 Å². The van der Waals surface area contributed by atoms with Crippen LogP contribution in [-0.2, 0) is 9.59 Å². The Balaban J connectivity index is 0.00000264. The predicted octanol–water partition coefficient (Wildman–Crippen LogP) is 2.79. The fourth-order valence-electron chi connectivity index (χ4n) is 2.66. The Kier molecular flexibility index (Phi) is 7.32. The molecule has 1 aliphatic rings. The topological polar surface area (TPSA) is 84.2 Å². The Hall–Kier alpha value is -1.30. The van der Waals surface area contributed by atoms with Crippen LogP contribution >= 0.6 is 24.0 Å². The molecule has 1 saturated carbocycles. The summed E-state index contributed by atoms with van der Waals surface area (Å²) in [6.45, 7) is 1.81. The summed E-state index contributed by atoms with van der Waals surface area (Å²) >= 11 is 6.06. The van der Waals surface area contributed by atoms with Gasteiger partial charge in [0.2, 0.25) is 11.8 Å². The van der Waals surface area contributed by atoms with Gasteiger partial charge >= 0.3 is 0 Å². The zero-order valence-corrected chi connectivity index (χ0v) is 14.7. The molecule has 1 aromatic carbocycles. The Morgan fingerprint density at radius 2 is 1.91 bits per heavy atom. The monoisotopic (exact) mass is 359 g/mol. The molecule has 128 valence electrons. The third kappa shape index (κ3) is 5.37. The van der Waals surface area contributed by atoms with Crippen LogP contribution in [0.2, 0.25) is 5.02 Å². The molecule has 1 fully saturated rings. The summed E-state index contributed by atoms with van der Waals surface area (Å²) in [5, 5.41) is 5.78. The number of anilines is 1. The van der Waals surface area contributed by atoms with Gasteiger partial charge in [-0.3, -0.25) is 9.59 Å². The third-order valence-corrected chi connectivity index (χ3v) is 4.32. The van der Waals surface area contributed by atoms with Gasteiger partial charge in [0.15, 0.2) is 0 Å². The Bertz CT molecular complexity index is 572. The van der Waals surface area contributed by atoms with Gasteiger partial charge in [-0.2, -0.15) is 0 Å². The quantitative estimate of drug-likeness (QED) is 0.772. The number of amides is 2. The van der Waals surface area contributed by atoms with Gasteiger partial charge in [0.1, 0.15) is 0 Å². The Morgan fingerprint density at radius 3 is 2.52 bits per heavy atom. The summed E-state index contributed by atoms with van der Waals surface area (Å²) in [5.41, 5.74) is 6.83. The van der Waals surface area contributed by atoms with Crippen molar-refractivity contribution in [1.82, 2.24) is 5.32 Å². The van der Waals surface area contributed by atoms with Crippen LogP contribution < -0.4 is 16.4 Å². The first-order valence-electron chi connectivity index (χ1n) is 7.54. The Morgan fingerprint density at radius 1 is 1.26 bits per heavy atom. The van der Waals surface area contributed by atoms with Gasteiger partial charge in [-0.05, 0) is 37.5 Å². The SMILES string of the molecule is Cc1ccc(NC(=O)CNC(=O)C2(N)CCCCC2)c(Cl)c1.Cl. The van der Waals surface area contributed by atoms with Crippen LogP contribution in [0.1, 0.15) is 37.7 Å². The molecule has 2 rings (SSSR count). The van der Waals surface area contributed by atoms with E-state index in [2.05, 4.69) is 10.6 Å². The van der Waals surface area contributed by atoms with Crippen molar-refractivity contribution in [3.63, 3.8) is 0 Å². The minimum Gasteiger partial charge on any atom is -0.345 e. The van der Waals surface area contributed by atoms with Gasteiger partial charge in [-0.1, -0.05) is 36.9 Å². The van der Waals surface area contributed by atoms with Crippen LogP contribution in [0, 0.1) is 6.92 Å². The molecule has 1 aliphatic carbocycles. The number of aryl methyl sites for hydroxylation is 1. The second-order valence-corrected chi connectivity index (χ2v) is 6.34. The average molecular weight is 360 g/mol. The highest BCUT2D eigenvalue weighted by Gasteiger charge is 2.35. The fourth-order valence-corrected chi connectivity index (χ4v) is 2.94. The smallest absolute Gasteiger partial charge is 0.243 e. The molecular weight excluding hydrogens is 337 g/mol. The second kappa shape index (κ2) is 8.52. The minimum atomic E-state index is -0.833. The largest absolute Gasteiger partial charge is 0.345 e. The number of nitrogens with one attached hydrogen (secondary N) is 2. The summed E-state index contributed by atoms with van der Waals surface area (Å²) in [6, 6.07) is 5.37. The van der Waals surface area contributed by atoms with Gasteiger partial charge in [0.25, 0.3) is 0 Å². The van der Waals surface area contributed by atoms with E-state index >= 15 is 0 Å². The molecule has 2 amide bonds. The summed E-state index contributed by atoms with van der Waals surface area (Å²) < 4.78 is 0. The molecule has 0 spiro atoms. The number of benzene rings is 1. The lowest BCUT2D eigenvalue weighted by atomic mass is 9.82. The van der Waals surface area contributed by atoms with Crippen molar-refractivity contribution >= 4 is 41.5 Å². The number of carbonyl (C=O) groups excluding carboxylic acids is 2. The van der Waals surface area contributed by atoms with Crippen LogP contribution in [0.25, 0.3) is 0 Å². The lowest BCUT2D eigenvalue weighted by Crippen LogP contribution is -2.56. The lowest BCUT2D eigenvalue weighted by Gasteiger charge is -2.31. The first-order chi connectivity index (χ1) is 10.4. The van der Waals surface area contributed by atoms with Crippen LogP contribution in [0.4, 0.5) is 5.69 Å². The zero-order valence-electron chi connectivity index (χ0n) is 13.2. The van der Waals surface area contributed by atoms with Crippen LogP contribution in [0.15, 0.2) is 18.2 Å². The highest BCUT2D eigenvalue weighted by molar-refractivity contribution is 6.33. The zero-order chi connectivity index (χ0) is 16.2. The fraction of sp³-hybridized carbons (Fsp3) is 0.500. The molecule has 1 aromatic rings. The van der Waals surface area contributed by atoms with Crippen LogP contribution in [-0.4, -0.2) is 23.9 Å². The van der Waals surface area contributed by atoms with Gasteiger partial charge < -0.3 is 16.4 Å². The maximum absolute atomic E-state index is 12.1. The van der Waals surface area contributed by atoms with Crippen molar-refractivity contribution in [2.75, 3.05) is 11.9 Å². The Labute approximate surface area is 147 Å². The van der Waals surface area contributed by atoms with E-state index in [1.165, 1.54) is 0 Å². The molecule has 23 heavy (non-hydrogen) atoms. The highest BCUT2D eigenvalue weighted by Crippen LogP contribution is 2.26. The van der Waals surface area contributed by atoms with Crippen molar-refractivity contribution < 1.29 is 9.59 Å². The number of hydrogen-bond donors (Lipinski definition) is 3. The summed E-state index contributed by atoms with van der Waals surface area (Å²) in [4.78, 5) is 24.1. The summed E-state index contributed by atoms with van der Waals surface area (Å²) in [6.07, 6.45) is 4.36. The minimum absolute atomic E-state index is 0. The first kappa shape index (κ1) is 19.7. The number of hydrogen-bond acceptors (Lipinski definition) is 3. The summed E-state index contributed by atoms with van der Waals surface area (Å²) in [7, 11) is 0. The molecule has 0 atom stereocenters. The van der Waals surface area contributed by atoms with Crippen molar-refractivity contribution in [2.45, 2.75) is 44.6 Å². The normalized spacial score (nSPS) is 16.1. The van der Waals surface area contributed by atoms with Gasteiger partial charge in [0.05, 0.1) is 22.8 Å². The number of nitrogens with two attached hydrogens (primary N) is 1. The van der Waals surface area contributed by atoms with Crippen LogP contribution in [0.5, 0.6) is 0 Å². The van der Waals surface area contributed by atoms with E-state index in [4.69, 9.17) is 17.3 Å². The van der Waals surface area contributed by atoms with Gasteiger partial charge in [0, 0.05) is 0 Å². The van der Waals surface area contributed by atoms with Crippen molar-refractivity contribution in [3.05, 3.63) is 28.8 Å². The first-order valence-corrected chi connectivity index (χ1v) is 7.92. The van der Waals surface area contributed by atoms with Crippen molar-refractivity contribution in [2.24, 2.45) is 5.73 Å². The third-order valence-electron chi connectivity index (χ3n) is 4.01. The van der Waals surface area contributed by atoms with Crippen molar-refractivity contribution in [3.8, 4) is 0 Å². The molecule has 0 aliphatic heterocycles. The van der Waals surface area contributed by atoms with E-state index in [0.29, 0.717) is 23.6 Å². The van der Waals surface area contributed by atoms with Gasteiger partial charge in [-0.25, -0.2) is 0 Å². The molecule has 0 radical (unpaired) electrons. The molecule has 5 nitrogen and oxygen atoms in total. The van der Waals surface area contributed by atoms with E-state index in [0.717, 1.165) is 24.8 Å².